The van der Waals surface area contributed by atoms with E-state index < -0.39 is 0 Å². The fourth-order valence-corrected chi connectivity index (χ4v) is 3.13. The van der Waals surface area contributed by atoms with Gasteiger partial charge in [-0.15, -0.1) is 0 Å². The molecule has 0 aromatic heterocycles. The smallest absolute Gasteiger partial charge is 0.0557 e. The zero-order valence-electron chi connectivity index (χ0n) is 12.1. The van der Waals surface area contributed by atoms with E-state index in [0.717, 1.165) is 19.6 Å². The maximum Gasteiger partial charge on any atom is 0.0557 e. The molecule has 1 saturated heterocycles. The lowest BCUT2D eigenvalue weighted by atomic mass is 9.87. The largest absolute Gasteiger partial charge is 0.303 e. The molecule has 2 heteroatoms. The van der Waals surface area contributed by atoms with Crippen molar-refractivity contribution in [3.05, 3.63) is 48.0 Å². The lowest BCUT2D eigenvalue weighted by Gasteiger charge is -2.46. The number of rotatable bonds is 1. The van der Waals surface area contributed by atoms with Gasteiger partial charge in [0.25, 0.3) is 0 Å². The molecule has 0 N–H and O–H groups in total. The van der Waals surface area contributed by atoms with E-state index in [9.17, 15) is 0 Å². The molecule has 2 aromatic rings. The molecule has 1 unspecified atom stereocenters. The van der Waals surface area contributed by atoms with Crippen molar-refractivity contribution in [3.63, 3.8) is 0 Å². The third-order valence-corrected chi connectivity index (χ3v) is 4.61. The lowest BCUT2D eigenvalue weighted by Crippen LogP contribution is -2.56. The molecule has 0 amide bonds. The van der Waals surface area contributed by atoms with Crippen LogP contribution < -0.4 is 0 Å². The van der Waals surface area contributed by atoms with Gasteiger partial charge < -0.3 is 4.90 Å². The minimum atomic E-state index is 0.108. The molecule has 0 aliphatic carbocycles. The molecular formula is C17H22N2. The van der Waals surface area contributed by atoms with Crippen molar-refractivity contribution in [2.75, 3.05) is 33.7 Å². The molecule has 1 aliphatic heterocycles. The SMILES string of the molecule is CN1CCN(C)C(C)(c2ccc3ccccc3c2)C1. The van der Waals surface area contributed by atoms with Gasteiger partial charge in [-0.25, -0.2) is 0 Å². The molecule has 1 atom stereocenters. The highest BCUT2D eigenvalue weighted by molar-refractivity contribution is 5.83. The molecule has 0 saturated carbocycles. The lowest BCUT2D eigenvalue weighted by molar-refractivity contribution is 0.0381. The second-order valence-corrected chi connectivity index (χ2v) is 6.00. The Morgan fingerprint density at radius 2 is 1.68 bits per heavy atom. The Kier molecular flexibility index (Phi) is 3.08. The van der Waals surface area contributed by atoms with Gasteiger partial charge in [0.05, 0.1) is 5.54 Å². The zero-order chi connectivity index (χ0) is 13.5. The van der Waals surface area contributed by atoms with Crippen molar-refractivity contribution in [3.8, 4) is 0 Å². The molecule has 1 heterocycles. The predicted octanol–water partition coefficient (Wildman–Crippen LogP) is 2.93. The van der Waals surface area contributed by atoms with E-state index in [2.05, 4.69) is 73.3 Å². The van der Waals surface area contributed by atoms with Crippen LogP contribution in [0.2, 0.25) is 0 Å². The average Bonchev–Trinajstić information content (AvgIpc) is 2.43. The van der Waals surface area contributed by atoms with Gasteiger partial charge in [0.15, 0.2) is 0 Å². The maximum atomic E-state index is 2.48. The zero-order valence-corrected chi connectivity index (χ0v) is 12.1. The van der Waals surface area contributed by atoms with Crippen molar-refractivity contribution < 1.29 is 0 Å². The Balaban J connectivity index is 2.06. The molecule has 0 bridgehead atoms. The van der Waals surface area contributed by atoms with Gasteiger partial charge in [0.1, 0.15) is 0 Å². The van der Waals surface area contributed by atoms with Crippen LogP contribution in [0.25, 0.3) is 10.8 Å². The van der Waals surface area contributed by atoms with E-state index in [1.54, 1.807) is 0 Å². The molecule has 0 spiro atoms. The highest BCUT2D eigenvalue weighted by Gasteiger charge is 2.35. The predicted molar refractivity (Wildman–Crippen MR) is 81.4 cm³/mol. The van der Waals surface area contributed by atoms with Gasteiger partial charge in [-0.2, -0.15) is 0 Å². The van der Waals surface area contributed by atoms with E-state index in [1.165, 1.54) is 16.3 Å². The van der Waals surface area contributed by atoms with Crippen molar-refractivity contribution in [1.82, 2.24) is 9.80 Å². The Morgan fingerprint density at radius 1 is 0.947 bits per heavy atom. The van der Waals surface area contributed by atoms with Crippen molar-refractivity contribution in [2.45, 2.75) is 12.5 Å². The summed E-state index contributed by atoms with van der Waals surface area (Å²) in [6.45, 7) is 5.72. The van der Waals surface area contributed by atoms with Gasteiger partial charge in [-0.1, -0.05) is 36.4 Å². The number of fused-ring (bicyclic) bond motifs is 1. The van der Waals surface area contributed by atoms with Crippen molar-refractivity contribution >= 4 is 10.8 Å². The summed E-state index contributed by atoms with van der Waals surface area (Å²) in [5.74, 6) is 0. The van der Waals surface area contributed by atoms with Crippen molar-refractivity contribution in [1.29, 1.82) is 0 Å². The van der Waals surface area contributed by atoms with E-state index in [4.69, 9.17) is 0 Å². The highest BCUT2D eigenvalue weighted by atomic mass is 15.3. The first-order valence-electron chi connectivity index (χ1n) is 6.99. The maximum absolute atomic E-state index is 2.48. The second kappa shape index (κ2) is 4.62. The topological polar surface area (TPSA) is 6.48 Å². The van der Waals surface area contributed by atoms with Gasteiger partial charge >= 0.3 is 0 Å². The number of hydrogen-bond donors (Lipinski definition) is 0. The Labute approximate surface area is 115 Å². The average molecular weight is 254 g/mol. The number of piperazine rings is 1. The summed E-state index contributed by atoms with van der Waals surface area (Å²) in [6, 6.07) is 15.5. The van der Waals surface area contributed by atoms with Crippen LogP contribution in [0.1, 0.15) is 12.5 Å². The second-order valence-electron chi connectivity index (χ2n) is 6.00. The minimum Gasteiger partial charge on any atom is -0.303 e. The van der Waals surface area contributed by atoms with E-state index >= 15 is 0 Å². The Bertz CT molecular complexity index is 593. The quantitative estimate of drug-likeness (QED) is 0.772. The van der Waals surface area contributed by atoms with Crippen LogP contribution in [-0.4, -0.2) is 43.5 Å². The highest BCUT2D eigenvalue weighted by Crippen LogP contribution is 2.32. The summed E-state index contributed by atoms with van der Waals surface area (Å²) >= 11 is 0. The van der Waals surface area contributed by atoms with Crippen LogP contribution in [-0.2, 0) is 5.54 Å². The van der Waals surface area contributed by atoms with E-state index in [1.807, 2.05) is 0 Å². The summed E-state index contributed by atoms with van der Waals surface area (Å²) in [5, 5.41) is 2.66. The summed E-state index contributed by atoms with van der Waals surface area (Å²) in [4.78, 5) is 4.91. The molecule has 100 valence electrons. The van der Waals surface area contributed by atoms with Crippen LogP contribution in [0.3, 0.4) is 0 Å². The number of likely N-dealkylation sites (N-methyl/N-ethyl adjacent to an activating group) is 2. The third kappa shape index (κ3) is 2.15. The van der Waals surface area contributed by atoms with Gasteiger partial charge in [0.2, 0.25) is 0 Å². The van der Waals surface area contributed by atoms with Crippen molar-refractivity contribution in [2.24, 2.45) is 0 Å². The molecule has 1 aliphatic rings. The van der Waals surface area contributed by atoms with Crippen LogP contribution in [0.5, 0.6) is 0 Å². The number of benzene rings is 2. The first kappa shape index (κ1) is 12.6. The van der Waals surface area contributed by atoms with Crippen LogP contribution in [0.4, 0.5) is 0 Å². The molecule has 1 fully saturated rings. The van der Waals surface area contributed by atoms with E-state index in [-0.39, 0.29) is 5.54 Å². The monoisotopic (exact) mass is 254 g/mol. The number of nitrogens with zero attached hydrogens (tertiary/aromatic N) is 2. The Morgan fingerprint density at radius 3 is 2.47 bits per heavy atom. The number of hydrogen-bond acceptors (Lipinski definition) is 2. The fraction of sp³-hybridized carbons (Fsp3) is 0.412. The minimum absolute atomic E-state index is 0.108. The van der Waals surface area contributed by atoms with E-state index in [0.29, 0.717) is 0 Å². The van der Waals surface area contributed by atoms with Gasteiger partial charge in [0, 0.05) is 19.6 Å². The third-order valence-electron chi connectivity index (χ3n) is 4.61. The summed E-state index contributed by atoms with van der Waals surface area (Å²) < 4.78 is 0. The summed E-state index contributed by atoms with van der Waals surface area (Å²) in [6.07, 6.45) is 0. The summed E-state index contributed by atoms with van der Waals surface area (Å²) in [7, 11) is 4.45. The van der Waals surface area contributed by atoms with Gasteiger partial charge in [-0.05, 0) is 43.4 Å². The van der Waals surface area contributed by atoms with Crippen LogP contribution >= 0.6 is 0 Å². The normalized spacial score (nSPS) is 25.8. The summed E-state index contributed by atoms with van der Waals surface area (Å²) in [5.41, 5.74) is 1.53. The first-order valence-corrected chi connectivity index (χ1v) is 6.99. The van der Waals surface area contributed by atoms with Crippen LogP contribution in [0.15, 0.2) is 42.5 Å². The standard InChI is InChI=1S/C17H22N2/c1-17(13-18(2)10-11-19(17)3)16-9-8-14-6-4-5-7-15(14)12-16/h4-9,12H,10-11,13H2,1-3H3. The van der Waals surface area contributed by atoms with Crippen LogP contribution in [0, 0.1) is 0 Å². The first-order chi connectivity index (χ1) is 9.09. The fourth-order valence-electron chi connectivity index (χ4n) is 3.13. The molecular weight excluding hydrogens is 232 g/mol. The molecule has 0 radical (unpaired) electrons. The molecule has 2 aromatic carbocycles. The molecule has 3 rings (SSSR count). The Hall–Kier alpha value is -1.38. The molecule has 19 heavy (non-hydrogen) atoms. The molecule has 2 nitrogen and oxygen atoms in total. The van der Waals surface area contributed by atoms with Gasteiger partial charge in [-0.3, -0.25) is 4.90 Å².